The molecule has 0 spiro atoms. The van der Waals surface area contributed by atoms with Crippen LogP contribution in [-0.2, 0) is 4.79 Å². The van der Waals surface area contributed by atoms with Crippen LogP contribution in [0, 0.1) is 5.92 Å². The fourth-order valence-electron chi connectivity index (χ4n) is 3.45. The summed E-state index contributed by atoms with van der Waals surface area (Å²) in [5.41, 5.74) is 1.19. The molecule has 1 aliphatic heterocycles. The van der Waals surface area contributed by atoms with Gasteiger partial charge in [-0.1, -0.05) is 36.9 Å². The highest BCUT2D eigenvalue weighted by molar-refractivity contribution is 6.32. The van der Waals surface area contributed by atoms with Crippen molar-refractivity contribution < 1.29 is 14.3 Å². The second kappa shape index (κ2) is 10.8. The van der Waals surface area contributed by atoms with Gasteiger partial charge >= 0.3 is 6.03 Å². The van der Waals surface area contributed by atoms with Crippen molar-refractivity contribution in [2.45, 2.75) is 57.9 Å². The number of nitrogens with one attached hydrogen (secondary N) is 2. The number of ether oxygens (including phenoxy) is 1. The maximum atomic E-state index is 11.4. The van der Waals surface area contributed by atoms with Crippen LogP contribution in [0.2, 0.25) is 5.02 Å². The smallest absolute Gasteiger partial charge is 0.324 e. The number of carbonyl (C=O) groups excluding carboxylic acids is 2. The first-order valence-electron chi connectivity index (χ1n) is 10.8. The Balaban J connectivity index is 1.26. The van der Waals surface area contributed by atoms with Crippen LogP contribution in [-0.4, -0.2) is 43.1 Å². The van der Waals surface area contributed by atoms with Gasteiger partial charge in [-0.3, -0.25) is 10.1 Å². The Bertz CT molecular complexity index is 709. The minimum atomic E-state index is -0.253. The molecule has 1 aromatic carbocycles. The molecule has 1 heterocycles. The summed E-state index contributed by atoms with van der Waals surface area (Å²) >= 11 is 6.26. The summed E-state index contributed by atoms with van der Waals surface area (Å²) in [6.07, 6.45) is 7.96. The molecule has 7 heteroatoms. The zero-order valence-electron chi connectivity index (χ0n) is 17.2. The number of benzene rings is 1. The molecule has 29 heavy (non-hydrogen) atoms. The minimum absolute atomic E-state index is 0.197. The maximum Gasteiger partial charge on any atom is 0.324 e. The summed E-state index contributed by atoms with van der Waals surface area (Å²) in [6.45, 7) is 4.76. The molecule has 0 radical (unpaired) electrons. The number of nitrogens with zero attached hydrogens (tertiary/aromatic N) is 1. The maximum absolute atomic E-state index is 11.4. The predicted molar refractivity (Wildman–Crippen MR) is 114 cm³/mol. The third-order valence-corrected chi connectivity index (χ3v) is 5.86. The number of halogens is 1. The fourth-order valence-corrected chi connectivity index (χ4v) is 3.62. The van der Waals surface area contributed by atoms with Crippen molar-refractivity contribution in [1.29, 1.82) is 0 Å². The van der Waals surface area contributed by atoms with Crippen molar-refractivity contribution in [1.82, 2.24) is 15.5 Å². The first-order valence-corrected chi connectivity index (χ1v) is 11.1. The van der Waals surface area contributed by atoms with Crippen molar-refractivity contribution in [3.05, 3.63) is 28.8 Å². The number of hydrogen-bond donors (Lipinski definition) is 2. The number of hydrogen-bond acceptors (Lipinski definition) is 4. The number of imide groups is 1. The van der Waals surface area contributed by atoms with E-state index in [1.54, 1.807) is 4.90 Å². The summed E-state index contributed by atoms with van der Waals surface area (Å²) in [5, 5.41) is 6.56. The molecule has 1 aromatic rings. The van der Waals surface area contributed by atoms with Gasteiger partial charge in [-0.15, -0.1) is 0 Å². The van der Waals surface area contributed by atoms with E-state index in [4.69, 9.17) is 16.3 Å². The summed E-state index contributed by atoms with van der Waals surface area (Å²) < 4.78 is 5.87. The standard InChI is InChI=1S/C22H32ClN3O3/c1-16(18-9-10-19(23)20(13-18)29-15-17-7-8-17)24-11-5-3-2-4-6-12-26-14-21(27)25-22(26)28/h9-10,13,16-17,24H,2-8,11-12,14-15H2,1H3,(H,25,27,28)/t16-/m0/s1. The molecule has 1 saturated carbocycles. The van der Waals surface area contributed by atoms with Crippen LogP contribution in [0.3, 0.4) is 0 Å². The summed E-state index contributed by atoms with van der Waals surface area (Å²) in [5.74, 6) is 1.30. The Labute approximate surface area is 178 Å². The van der Waals surface area contributed by atoms with Crippen molar-refractivity contribution in [2.24, 2.45) is 5.92 Å². The largest absolute Gasteiger partial charge is 0.492 e. The van der Waals surface area contributed by atoms with Gasteiger partial charge in [0.25, 0.3) is 0 Å². The lowest BCUT2D eigenvalue weighted by Gasteiger charge is -2.16. The molecule has 3 rings (SSSR count). The molecule has 2 N–H and O–H groups in total. The van der Waals surface area contributed by atoms with Crippen LogP contribution in [0.1, 0.15) is 63.5 Å². The third-order valence-electron chi connectivity index (χ3n) is 5.55. The van der Waals surface area contributed by atoms with Crippen molar-refractivity contribution >= 4 is 23.5 Å². The zero-order valence-corrected chi connectivity index (χ0v) is 18.0. The van der Waals surface area contributed by atoms with E-state index in [0.29, 0.717) is 17.5 Å². The Morgan fingerprint density at radius 1 is 1.21 bits per heavy atom. The predicted octanol–water partition coefficient (Wildman–Crippen LogP) is 4.28. The topological polar surface area (TPSA) is 70.7 Å². The lowest BCUT2D eigenvalue weighted by molar-refractivity contribution is -0.118. The quantitative estimate of drug-likeness (QED) is 0.368. The van der Waals surface area contributed by atoms with E-state index in [9.17, 15) is 9.59 Å². The van der Waals surface area contributed by atoms with E-state index in [1.165, 1.54) is 18.4 Å². The van der Waals surface area contributed by atoms with Gasteiger partial charge < -0.3 is 15.0 Å². The Hall–Kier alpha value is -1.79. The van der Waals surface area contributed by atoms with Gasteiger partial charge in [0, 0.05) is 12.6 Å². The molecular formula is C22H32ClN3O3. The van der Waals surface area contributed by atoms with Crippen LogP contribution in [0.5, 0.6) is 5.75 Å². The van der Waals surface area contributed by atoms with Gasteiger partial charge in [-0.05, 0) is 62.8 Å². The highest BCUT2D eigenvalue weighted by Crippen LogP contribution is 2.33. The van der Waals surface area contributed by atoms with Crippen molar-refractivity contribution in [3.63, 3.8) is 0 Å². The second-order valence-corrected chi connectivity index (χ2v) is 8.57. The van der Waals surface area contributed by atoms with Crippen molar-refractivity contribution in [2.75, 3.05) is 26.2 Å². The molecular weight excluding hydrogens is 390 g/mol. The number of amides is 3. The third kappa shape index (κ3) is 7.19. The van der Waals surface area contributed by atoms with Gasteiger partial charge in [-0.25, -0.2) is 4.79 Å². The molecule has 3 amide bonds. The highest BCUT2D eigenvalue weighted by Gasteiger charge is 2.25. The summed E-state index contributed by atoms with van der Waals surface area (Å²) in [6, 6.07) is 6.04. The Morgan fingerprint density at radius 2 is 1.97 bits per heavy atom. The molecule has 0 bridgehead atoms. The summed E-state index contributed by atoms with van der Waals surface area (Å²) in [4.78, 5) is 24.2. The number of carbonyl (C=O) groups is 2. The first kappa shape index (κ1) is 21.9. The van der Waals surface area contributed by atoms with Crippen LogP contribution in [0.15, 0.2) is 18.2 Å². The first-order chi connectivity index (χ1) is 14.0. The number of urea groups is 1. The Kier molecular flexibility index (Phi) is 8.19. The molecule has 6 nitrogen and oxygen atoms in total. The molecule has 160 valence electrons. The SMILES string of the molecule is C[C@H](NCCCCCCCN1CC(=O)NC1=O)c1ccc(Cl)c(OCC2CC2)c1. The van der Waals surface area contributed by atoms with E-state index < -0.39 is 0 Å². The molecule has 0 aromatic heterocycles. The van der Waals surface area contributed by atoms with E-state index in [1.807, 2.05) is 6.07 Å². The summed E-state index contributed by atoms with van der Waals surface area (Å²) in [7, 11) is 0. The van der Waals surface area contributed by atoms with Crippen LogP contribution in [0.25, 0.3) is 0 Å². The van der Waals surface area contributed by atoms with Crippen LogP contribution >= 0.6 is 11.6 Å². The zero-order chi connectivity index (χ0) is 20.6. The lowest BCUT2D eigenvalue weighted by atomic mass is 10.1. The lowest BCUT2D eigenvalue weighted by Crippen LogP contribution is -2.29. The van der Waals surface area contributed by atoms with Crippen LogP contribution in [0.4, 0.5) is 4.79 Å². The number of unbranched alkanes of at least 4 members (excludes halogenated alkanes) is 4. The van der Waals surface area contributed by atoms with Crippen LogP contribution < -0.4 is 15.4 Å². The highest BCUT2D eigenvalue weighted by atomic mass is 35.5. The monoisotopic (exact) mass is 421 g/mol. The molecule has 1 saturated heterocycles. The van der Waals surface area contributed by atoms with Gasteiger partial charge in [0.05, 0.1) is 11.6 Å². The fraction of sp³-hybridized carbons (Fsp3) is 0.636. The van der Waals surface area contributed by atoms with Gasteiger partial charge in [0.15, 0.2) is 0 Å². The van der Waals surface area contributed by atoms with Gasteiger partial charge in [0.1, 0.15) is 12.3 Å². The molecule has 1 atom stereocenters. The number of rotatable bonds is 13. The Morgan fingerprint density at radius 3 is 2.69 bits per heavy atom. The molecule has 2 fully saturated rings. The molecule has 1 aliphatic carbocycles. The van der Waals surface area contributed by atoms with E-state index in [0.717, 1.165) is 51.0 Å². The van der Waals surface area contributed by atoms with E-state index in [2.05, 4.69) is 29.7 Å². The van der Waals surface area contributed by atoms with E-state index in [-0.39, 0.29) is 24.5 Å². The van der Waals surface area contributed by atoms with Gasteiger partial charge in [-0.2, -0.15) is 0 Å². The van der Waals surface area contributed by atoms with E-state index >= 15 is 0 Å². The van der Waals surface area contributed by atoms with Crippen molar-refractivity contribution in [3.8, 4) is 5.75 Å². The molecule has 2 aliphatic rings. The average molecular weight is 422 g/mol. The second-order valence-electron chi connectivity index (χ2n) is 8.16. The van der Waals surface area contributed by atoms with Gasteiger partial charge in [0.2, 0.25) is 5.91 Å². The molecule has 0 unspecified atom stereocenters. The normalized spacial score (nSPS) is 17.5. The minimum Gasteiger partial charge on any atom is -0.492 e. The average Bonchev–Trinajstić information content (AvgIpc) is 3.47.